The molecule has 9 nitrogen and oxygen atoms in total. The largest absolute Gasteiger partial charge is 0.454 e. The standard InChI is InChI=1S/C20H20N2O7S/c1-13-5-3-7-16(19(13)22(25)26)20(24)29-12-18(23)15-8-9-17-14(11-15)6-4-10-21(17)30(2,27)28/h3,5,7-9,11H,4,6,10,12H2,1-2H3. The van der Waals surface area contributed by atoms with Crippen molar-refractivity contribution in [1.82, 2.24) is 0 Å². The Labute approximate surface area is 173 Å². The van der Waals surface area contributed by atoms with E-state index in [0.29, 0.717) is 30.6 Å². The van der Waals surface area contributed by atoms with E-state index in [1.807, 2.05) is 0 Å². The van der Waals surface area contributed by atoms with Crippen molar-refractivity contribution in [1.29, 1.82) is 0 Å². The average molecular weight is 432 g/mol. The van der Waals surface area contributed by atoms with Crippen LogP contribution in [0, 0.1) is 17.0 Å². The minimum atomic E-state index is -3.42. The van der Waals surface area contributed by atoms with Crippen LogP contribution in [0.5, 0.6) is 0 Å². The number of nitrogens with zero attached hydrogens (tertiary/aromatic N) is 2. The van der Waals surface area contributed by atoms with Crippen molar-refractivity contribution in [3.8, 4) is 0 Å². The van der Waals surface area contributed by atoms with Gasteiger partial charge < -0.3 is 4.74 Å². The molecule has 0 amide bonds. The van der Waals surface area contributed by atoms with Crippen LogP contribution in [0.25, 0.3) is 0 Å². The van der Waals surface area contributed by atoms with Crippen LogP contribution in [0.2, 0.25) is 0 Å². The number of aryl methyl sites for hydroxylation is 2. The minimum Gasteiger partial charge on any atom is -0.454 e. The molecule has 158 valence electrons. The van der Waals surface area contributed by atoms with Gasteiger partial charge in [0.1, 0.15) is 5.56 Å². The highest BCUT2D eigenvalue weighted by Crippen LogP contribution is 2.30. The number of sulfonamides is 1. The SMILES string of the molecule is Cc1cccc(C(=O)OCC(=O)c2ccc3c(c2)CCCN3S(C)(=O)=O)c1[N+](=O)[O-]. The minimum absolute atomic E-state index is 0.220. The van der Waals surface area contributed by atoms with Gasteiger partial charge in [-0.3, -0.25) is 19.2 Å². The Balaban J connectivity index is 1.76. The molecular formula is C20H20N2O7S. The molecule has 2 aromatic carbocycles. The van der Waals surface area contributed by atoms with Gasteiger partial charge in [0.05, 0.1) is 16.9 Å². The Morgan fingerprint density at radius 1 is 1.23 bits per heavy atom. The van der Waals surface area contributed by atoms with Crippen LogP contribution in [0.15, 0.2) is 36.4 Å². The molecule has 0 aliphatic carbocycles. The number of Topliss-reactive ketones (excluding diaryl/α,β-unsaturated/α-hetero) is 1. The van der Waals surface area contributed by atoms with Gasteiger partial charge in [-0.05, 0) is 49.6 Å². The van der Waals surface area contributed by atoms with Gasteiger partial charge >= 0.3 is 5.97 Å². The topological polar surface area (TPSA) is 124 Å². The molecule has 30 heavy (non-hydrogen) atoms. The summed E-state index contributed by atoms with van der Waals surface area (Å²) in [5.41, 5.74) is 1.26. The van der Waals surface area contributed by atoms with Crippen LogP contribution in [0.1, 0.15) is 38.3 Å². The predicted octanol–water partition coefficient (Wildman–Crippen LogP) is 2.66. The second kappa shape index (κ2) is 8.23. The van der Waals surface area contributed by atoms with E-state index in [4.69, 9.17) is 4.74 Å². The highest BCUT2D eigenvalue weighted by Gasteiger charge is 2.26. The fraction of sp³-hybridized carbons (Fsp3) is 0.300. The fourth-order valence-corrected chi connectivity index (χ4v) is 4.43. The molecule has 0 saturated carbocycles. The summed E-state index contributed by atoms with van der Waals surface area (Å²) in [5, 5.41) is 11.2. The first-order valence-corrected chi connectivity index (χ1v) is 11.0. The van der Waals surface area contributed by atoms with Gasteiger partial charge in [-0.25, -0.2) is 13.2 Å². The number of ketones is 1. The Bertz CT molecular complexity index is 1140. The summed E-state index contributed by atoms with van der Waals surface area (Å²) in [7, 11) is -3.42. The highest BCUT2D eigenvalue weighted by atomic mass is 32.2. The summed E-state index contributed by atoms with van der Waals surface area (Å²) >= 11 is 0. The molecule has 1 aliphatic heterocycles. The summed E-state index contributed by atoms with van der Waals surface area (Å²) in [6.07, 6.45) is 2.38. The lowest BCUT2D eigenvalue weighted by atomic mass is 9.99. The predicted molar refractivity (Wildman–Crippen MR) is 109 cm³/mol. The molecule has 0 aromatic heterocycles. The Morgan fingerprint density at radius 2 is 1.97 bits per heavy atom. The number of benzene rings is 2. The normalized spacial score (nSPS) is 13.5. The van der Waals surface area contributed by atoms with Gasteiger partial charge in [-0.1, -0.05) is 12.1 Å². The number of nitro benzene ring substituents is 1. The number of carbonyl (C=O) groups is 2. The van der Waals surface area contributed by atoms with Crippen molar-refractivity contribution < 1.29 is 27.7 Å². The first-order valence-electron chi connectivity index (χ1n) is 9.14. The van der Waals surface area contributed by atoms with E-state index in [2.05, 4.69) is 0 Å². The molecule has 0 atom stereocenters. The molecule has 0 unspecified atom stereocenters. The van der Waals surface area contributed by atoms with Crippen molar-refractivity contribution in [3.05, 3.63) is 68.8 Å². The average Bonchev–Trinajstić information content (AvgIpc) is 2.69. The number of carbonyl (C=O) groups excluding carboxylic acids is 2. The fourth-order valence-electron chi connectivity index (χ4n) is 3.44. The molecule has 10 heteroatoms. The summed E-state index contributed by atoms with van der Waals surface area (Å²) in [5.74, 6) is -1.45. The second-order valence-corrected chi connectivity index (χ2v) is 8.92. The van der Waals surface area contributed by atoms with Gasteiger partial charge in [0.25, 0.3) is 5.69 Å². The van der Waals surface area contributed by atoms with E-state index in [1.165, 1.54) is 35.5 Å². The third-order valence-electron chi connectivity index (χ3n) is 4.85. The van der Waals surface area contributed by atoms with Crippen LogP contribution in [-0.2, 0) is 21.2 Å². The Kier molecular flexibility index (Phi) is 5.88. The zero-order valence-electron chi connectivity index (χ0n) is 16.5. The first kappa shape index (κ1) is 21.4. The third kappa shape index (κ3) is 4.33. The van der Waals surface area contributed by atoms with E-state index < -0.39 is 33.3 Å². The molecule has 1 aliphatic rings. The van der Waals surface area contributed by atoms with E-state index in [9.17, 15) is 28.1 Å². The van der Waals surface area contributed by atoms with Crippen molar-refractivity contribution in [3.63, 3.8) is 0 Å². The summed E-state index contributed by atoms with van der Waals surface area (Å²) in [6, 6.07) is 8.92. The Hall–Kier alpha value is -3.27. The smallest absolute Gasteiger partial charge is 0.345 e. The number of esters is 1. The molecule has 0 spiro atoms. The van der Waals surface area contributed by atoms with E-state index in [0.717, 1.165) is 11.8 Å². The maximum atomic E-state index is 12.5. The molecule has 0 bridgehead atoms. The summed E-state index contributed by atoms with van der Waals surface area (Å²) in [4.78, 5) is 35.3. The lowest BCUT2D eigenvalue weighted by molar-refractivity contribution is -0.385. The van der Waals surface area contributed by atoms with Crippen LogP contribution in [0.3, 0.4) is 0 Å². The van der Waals surface area contributed by atoms with E-state index in [-0.39, 0.29) is 16.8 Å². The van der Waals surface area contributed by atoms with Crippen LogP contribution >= 0.6 is 0 Å². The third-order valence-corrected chi connectivity index (χ3v) is 6.03. The van der Waals surface area contributed by atoms with E-state index in [1.54, 1.807) is 12.1 Å². The van der Waals surface area contributed by atoms with Crippen molar-refractivity contribution in [2.75, 3.05) is 23.7 Å². The van der Waals surface area contributed by atoms with Crippen molar-refractivity contribution in [2.24, 2.45) is 0 Å². The molecule has 2 aromatic rings. The number of anilines is 1. The lowest BCUT2D eigenvalue weighted by Gasteiger charge is -2.29. The monoisotopic (exact) mass is 432 g/mol. The number of nitro groups is 1. The summed E-state index contributed by atoms with van der Waals surface area (Å²) in [6.45, 7) is 1.30. The van der Waals surface area contributed by atoms with Crippen LogP contribution in [-0.4, -0.2) is 44.5 Å². The molecule has 1 heterocycles. The van der Waals surface area contributed by atoms with Crippen LogP contribution in [0.4, 0.5) is 11.4 Å². The number of ether oxygens (including phenoxy) is 1. The molecule has 0 N–H and O–H groups in total. The zero-order chi connectivity index (χ0) is 22.1. The van der Waals surface area contributed by atoms with Gasteiger partial charge in [0, 0.05) is 17.7 Å². The number of para-hydroxylation sites is 1. The quantitative estimate of drug-likeness (QED) is 0.297. The zero-order valence-corrected chi connectivity index (χ0v) is 17.3. The number of fused-ring (bicyclic) bond motifs is 1. The Morgan fingerprint density at radius 3 is 2.63 bits per heavy atom. The maximum Gasteiger partial charge on any atom is 0.345 e. The number of hydrogen-bond acceptors (Lipinski definition) is 7. The number of hydrogen-bond donors (Lipinski definition) is 0. The number of rotatable bonds is 6. The molecule has 0 fully saturated rings. The van der Waals surface area contributed by atoms with Gasteiger partial charge in [-0.2, -0.15) is 0 Å². The molecular weight excluding hydrogens is 412 g/mol. The molecule has 0 saturated heterocycles. The van der Waals surface area contributed by atoms with Gasteiger partial charge in [-0.15, -0.1) is 0 Å². The molecule has 3 rings (SSSR count). The maximum absolute atomic E-state index is 12.5. The molecule has 0 radical (unpaired) electrons. The van der Waals surface area contributed by atoms with Gasteiger partial charge in [0.15, 0.2) is 12.4 Å². The first-order chi connectivity index (χ1) is 14.1. The lowest BCUT2D eigenvalue weighted by Crippen LogP contribution is -2.34. The highest BCUT2D eigenvalue weighted by molar-refractivity contribution is 7.92. The summed E-state index contributed by atoms with van der Waals surface area (Å²) < 4.78 is 30.2. The van der Waals surface area contributed by atoms with Gasteiger partial charge in [0.2, 0.25) is 10.0 Å². The second-order valence-electron chi connectivity index (χ2n) is 7.01. The van der Waals surface area contributed by atoms with Crippen LogP contribution < -0.4 is 4.31 Å². The van der Waals surface area contributed by atoms with E-state index >= 15 is 0 Å². The van der Waals surface area contributed by atoms with Crippen molar-refractivity contribution in [2.45, 2.75) is 19.8 Å². The van der Waals surface area contributed by atoms with Crippen molar-refractivity contribution >= 4 is 33.2 Å².